The fourth-order valence-electron chi connectivity index (χ4n) is 1.75. The van der Waals surface area contributed by atoms with Crippen molar-refractivity contribution < 1.29 is 5.11 Å². The van der Waals surface area contributed by atoms with Crippen molar-refractivity contribution >= 4 is 0 Å². The fourth-order valence-corrected chi connectivity index (χ4v) is 1.75. The van der Waals surface area contributed by atoms with Crippen LogP contribution in [0.5, 0.6) is 0 Å². The Kier molecular flexibility index (Phi) is 2.34. The maximum absolute atomic E-state index is 9.17. The number of aliphatic hydroxyl groups is 1. The van der Waals surface area contributed by atoms with Gasteiger partial charge in [0.25, 0.3) is 0 Å². The first-order valence-corrected chi connectivity index (χ1v) is 4.74. The predicted octanol–water partition coefficient (Wildman–Crippen LogP) is 1.42. The van der Waals surface area contributed by atoms with E-state index in [0.29, 0.717) is 6.04 Å². The van der Waals surface area contributed by atoms with Crippen molar-refractivity contribution in [1.29, 1.82) is 0 Å². The second-order valence-electron chi connectivity index (χ2n) is 3.69. The van der Waals surface area contributed by atoms with Crippen molar-refractivity contribution in [3.05, 3.63) is 35.9 Å². The van der Waals surface area contributed by atoms with E-state index in [4.69, 9.17) is 0 Å². The normalized spacial score (nSPS) is 21.1. The number of likely N-dealkylation sites (tertiary alicyclic amines) is 1. The SMILES string of the molecule is CC(c1ccccc1)N1CC(O)C1. The van der Waals surface area contributed by atoms with Gasteiger partial charge in [0.2, 0.25) is 0 Å². The largest absolute Gasteiger partial charge is 0.390 e. The zero-order valence-corrected chi connectivity index (χ0v) is 7.85. The van der Waals surface area contributed by atoms with Crippen LogP contribution >= 0.6 is 0 Å². The molecule has 0 spiro atoms. The second kappa shape index (κ2) is 3.48. The van der Waals surface area contributed by atoms with Gasteiger partial charge in [0.1, 0.15) is 0 Å². The average Bonchev–Trinajstić information content (AvgIpc) is 2.13. The first-order valence-electron chi connectivity index (χ1n) is 4.74. The lowest BCUT2D eigenvalue weighted by Gasteiger charge is -2.40. The molecule has 0 bridgehead atoms. The van der Waals surface area contributed by atoms with E-state index in [2.05, 4.69) is 36.1 Å². The number of aliphatic hydroxyl groups excluding tert-OH is 1. The van der Waals surface area contributed by atoms with Crippen LogP contribution in [0.25, 0.3) is 0 Å². The molecule has 1 unspecified atom stereocenters. The smallest absolute Gasteiger partial charge is 0.0794 e. The third kappa shape index (κ3) is 1.74. The van der Waals surface area contributed by atoms with Gasteiger partial charge in [-0.05, 0) is 12.5 Å². The van der Waals surface area contributed by atoms with Crippen molar-refractivity contribution in [3.8, 4) is 0 Å². The lowest BCUT2D eigenvalue weighted by Crippen LogP contribution is -2.51. The van der Waals surface area contributed by atoms with Crippen LogP contribution in [0.1, 0.15) is 18.5 Å². The Morgan fingerprint density at radius 1 is 1.31 bits per heavy atom. The van der Waals surface area contributed by atoms with E-state index >= 15 is 0 Å². The molecule has 0 amide bonds. The lowest BCUT2D eigenvalue weighted by atomic mass is 10.0. The number of β-amino-alcohol motifs (C(OH)–C–C–N with tert-alkyl or cyclic N) is 1. The Labute approximate surface area is 78.8 Å². The topological polar surface area (TPSA) is 23.5 Å². The van der Waals surface area contributed by atoms with Gasteiger partial charge in [-0.3, -0.25) is 4.90 Å². The molecule has 1 aliphatic rings. The first kappa shape index (κ1) is 8.73. The monoisotopic (exact) mass is 177 g/mol. The molecule has 1 fully saturated rings. The Bertz CT molecular complexity index is 267. The molecule has 1 aliphatic heterocycles. The van der Waals surface area contributed by atoms with Crippen LogP contribution in [0.2, 0.25) is 0 Å². The van der Waals surface area contributed by atoms with Crippen LogP contribution in [0.3, 0.4) is 0 Å². The second-order valence-corrected chi connectivity index (χ2v) is 3.69. The van der Waals surface area contributed by atoms with E-state index in [1.54, 1.807) is 0 Å². The van der Waals surface area contributed by atoms with Gasteiger partial charge in [0, 0.05) is 19.1 Å². The number of hydrogen-bond donors (Lipinski definition) is 1. The molecule has 1 N–H and O–H groups in total. The Hall–Kier alpha value is -0.860. The summed E-state index contributed by atoms with van der Waals surface area (Å²) < 4.78 is 0. The summed E-state index contributed by atoms with van der Waals surface area (Å²) in [5, 5.41) is 9.17. The van der Waals surface area contributed by atoms with Gasteiger partial charge >= 0.3 is 0 Å². The lowest BCUT2D eigenvalue weighted by molar-refractivity contribution is -0.0211. The van der Waals surface area contributed by atoms with Crippen LogP contribution < -0.4 is 0 Å². The molecule has 2 nitrogen and oxygen atoms in total. The van der Waals surface area contributed by atoms with Crippen LogP contribution in [-0.2, 0) is 0 Å². The van der Waals surface area contributed by atoms with Crippen molar-refractivity contribution in [2.75, 3.05) is 13.1 Å². The third-order valence-electron chi connectivity index (χ3n) is 2.72. The number of rotatable bonds is 2. The Morgan fingerprint density at radius 2 is 1.92 bits per heavy atom. The van der Waals surface area contributed by atoms with Crippen molar-refractivity contribution in [2.24, 2.45) is 0 Å². The highest BCUT2D eigenvalue weighted by atomic mass is 16.3. The minimum absolute atomic E-state index is 0.105. The molecular formula is C11H15NO. The van der Waals surface area contributed by atoms with E-state index in [1.807, 2.05) is 6.07 Å². The highest BCUT2D eigenvalue weighted by Crippen LogP contribution is 2.24. The van der Waals surface area contributed by atoms with Gasteiger partial charge in [0.15, 0.2) is 0 Å². The van der Waals surface area contributed by atoms with Crippen LogP contribution in [-0.4, -0.2) is 29.2 Å². The summed E-state index contributed by atoms with van der Waals surface area (Å²) >= 11 is 0. The summed E-state index contributed by atoms with van der Waals surface area (Å²) in [5.41, 5.74) is 1.33. The molecule has 0 radical (unpaired) electrons. The van der Waals surface area contributed by atoms with Gasteiger partial charge < -0.3 is 5.11 Å². The van der Waals surface area contributed by atoms with Crippen molar-refractivity contribution in [1.82, 2.24) is 4.90 Å². The van der Waals surface area contributed by atoms with Gasteiger partial charge in [0.05, 0.1) is 6.10 Å². The van der Waals surface area contributed by atoms with Crippen LogP contribution in [0, 0.1) is 0 Å². The van der Waals surface area contributed by atoms with Gasteiger partial charge in [-0.15, -0.1) is 0 Å². The molecule has 0 aliphatic carbocycles. The first-order chi connectivity index (χ1) is 6.27. The zero-order valence-electron chi connectivity index (χ0n) is 7.85. The van der Waals surface area contributed by atoms with Crippen molar-refractivity contribution in [3.63, 3.8) is 0 Å². The summed E-state index contributed by atoms with van der Waals surface area (Å²) in [7, 11) is 0. The standard InChI is InChI=1S/C11H15NO/c1-9(12-7-11(13)8-12)10-5-3-2-4-6-10/h2-6,9,11,13H,7-8H2,1H3. The number of nitrogens with zero attached hydrogens (tertiary/aromatic N) is 1. The summed E-state index contributed by atoms with van der Waals surface area (Å²) in [4.78, 5) is 2.28. The quantitative estimate of drug-likeness (QED) is 0.738. The van der Waals surface area contributed by atoms with E-state index in [-0.39, 0.29) is 6.10 Å². The molecule has 0 aromatic heterocycles. The molecule has 0 saturated carbocycles. The number of hydrogen-bond acceptors (Lipinski definition) is 2. The predicted molar refractivity (Wildman–Crippen MR) is 52.4 cm³/mol. The van der Waals surface area contributed by atoms with E-state index < -0.39 is 0 Å². The molecular weight excluding hydrogens is 162 g/mol. The maximum Gasteiger partial charge on any atom is 0.0794 e. The summed E-state index contributed by atoms with van der Waals surface area (Å²) in [6.45, 7) is 3.81. The van der Waals surface area contributed by atoms with Crippen LogP contribution in [0.15, 0.2) is 30.3 Å². The minimum atomic E-state index is -0.105. The average molecular weight is 177 g/mol. The summed E-state index contributed by atoms with van der Waals surface area (Å²) in [5.74, 6) is 0. The Balaban J connectivity index is 2.02. The van der Waals surface area contributed by atoms with E-state index in [1.165, 1.54) is 5.56 Å². The molecule has 1 aromatic rings. The molecule has 70 valence electrons. The molecule has 1 atom stereocenters. The van der Waals surface area contributed by atoms with E-state index in [9.17, 15) is 5.11 Å². The Morgan fingerprint density at radius 3 is 2.46 bits per heavy atom. The molecule has 1 heterocycles. The third-order valence-corrected chi connectivity index (χ3v) is 2.72. The molecule has 1 aromatic carbocycles. The molecule has 1 saturated heterocycles. The summed E-state index contributed by atoms with van der Waals surface area (Å²) in [6, 6.07) is 10.8. The fraction of sp³-hybridized carbons (Fsp3) is 0.455. The highest BCUT2D eigenvalue weighted by Gasteiger charge is 2.28. The van der Waals surface area contributed by atoms with Crippen LogP contribution in [0.4, 0.5) is 0 Å². The zero-order chi connectivity index (χ0) is 9.26. The van der Waals surface area contributed by atoms with Gasteiger partial charge in [-0.2, -0.15) is 0 Å². The molecule has 2 rings (SSSR count). The van der Waals surface area contributed by atoms with Crippen molar-refractivity contribution in [2.45, 2.75) is 19.1 Å². The molecule has 2 heteroatoms. The maximum atomic E-state index is 9.17. The highest BCUT2D eigenvalue weighted by molar-refractivity contribution is 5.18. The number of benzene rings is 1. The van der Waals surface area contributed by atoms with E-state index in [0.717, 1.165) is 13.1 Å². The van der Waals surface area contributed by atoms with Gasteiger partial charge in [-0.1, -0.05) is 30.3 Å². The minimum Gasteiger partial charge on any atom is -0.390 e. The van der Waals surface area contributed by atoms with Gasteiger partial charge in [-0.25, -0.2) is 0 Å². The summed E-state index contributed by atoms with van der Waals surface area (Å²) in [6.07, 6.45) is -0.105. The molecule has 13 heavy (non-hydrogen) atoms.